The van der Waals surface area contributed by atoms with Crippen LogP contribution in [0.5, 0.6) is 11.6 Å². The third-order valence-electron chi connectivity index (χ3n) is 11.0. The predicted octanol–water partition coefficient (Wildman–Crippen LogP) is 4.37. The molecule has 4 aliphatic rings. The molecular formula is C39H53N5O9S. The van der Waals surface area contributed by atoms with Crippen molar-refractivity contribution in [1.82, 2.24) is 25.2 Å². The quantitative estimate of drug-likeness (QED) is 0.342. The van der Waals surface area contributed by atoms with Crippen molar-refractivity contribution in [2.24, 2.45) is 17.8 Å². The van der Waals surface area contributed by atoms with Gasteiger partial charge in [0.2, 0.25) is 27.7 Å². The summed E-state index contributed by atoms with van der Waals surface area (Å²) in [6.07, 6.45) is 5.12. The Kier molecular flexibility index (Phi) is 8.67. The topological polar surface area (TPSA) is 182 Å². The lowest BCUT2D eigenvalue weighted by Gasteiger charge is -2.33. The van der Waals surface area contributed by atoms with E-state index in [-0.39, 0.29) is 31.2 Å². The van der Waals surface area contributed by atoms with E-state index >= 15 is 0 Å². The summed E-state index contributed by atoms with van der Waals surface area (Å²) in [6, 6.07) is 4.25. The van der Waals surface area contributed by atoms with Gasteiger partial charge in [0.15, 0.2) is 0 Å². The molecule has 2 aliphatic carbocycles. The average Bonchev–Trinajstić information content (AvgIpc) is 4.04. The van der Waals surface area contributed by atoms with Crippen LogP contribution in [-0.2, 0) is 29.1 Å². The number of ether oxygens (including phenoxy) is 3. The summed E-state index contributed by atoms with van der Waals surface area (Å²) >= 11 is 0. The number of hydrogen-bond acceptors (Lipinski definition) is 10. The lowest BCUT2D eigenvalue weighted by atomic mass is 9.88. The first kappa shape index (κ1) is 31.9. The molecule has 3 fully saturated rings. The average molecular weight is 774 g/mol. The van der Waals surface area contributed by atoms with Gasteiger partial charge in [0, 0.05) is 32.1 Å². The van der Waals surface area contributed by atoms with Crippen LogP contribution in [0.1, 0.15) is 94.6 Å². The van der Waals surface area contributed by atoms with E-state index in [1.807, 2.05) is 13.0 Å². The summed E-state index contributed by atoms with van der Waals surface area (Å²) in [4.78, 5) is 62.6. The maximum Gasteiger partial charge on any atom is 0.408 e. The number of sulfonamides is 1. The fourth-order valence-corrected chi connectivity index (χ4v) is 8.76. The zero-order valence-electron chi connectivity index (χ0n) is 37.1. The Morgan fingerprint density at radius 3 is 2.61 bits per heavy atom. The summed E-state index contributed by atoms with van der Waals surface area (Å²) < 4.78 is 91.8. The second kappa shape index (κ2) is 14.7. The van der Waals surface area contributed by atoms with Crippen LogP contribution in [-0.4, -0.2) is 89.8 Å². The number of fused-ring (bicyclic) bond motifs is 3. The molecule has 54 heavy (non-hydrogen) atoms. The van der Waals surface area contributed by atoms with E-state index in [4.69, 9.17) is 22.4 Å². The molecule has 1 aromatic heterocycles. The zero-order valence-corrected chi connectivity index (χ0v) is 32.0. The molecule has 3 N–H and O–H groups in total. The Labute approximate surface area is 325 Å². The van der Waals surface area contributed by atoms with E-state index < -0.39 is 93.5 Å². The second-order valence-electron chi connectivity index (χ2n) is 15.7. The van der Waals surface area contributed by atoms with Crippen LogP contribution < -0.4 is 24.8 Å². The van der Waals surface area contributed by atoms with Crippen LogP contribution in [0, 0.1) is 17.8 Å². The highest BCUT2D eigenvalue weighted by Gasteiger charge is 2.63. The van der Waals surface area contributed by atoms with Crippen molar-refractivity contribution in [3.8, 4) is 11.6 Å². The Bertz CT molecular complexity index is 2150. The molecular weight excluding hydrogens is 715 g/mol. The Morgan fingerprint density at radius 2 is 1.91 bits per heavy atom. The van der Waals surface area contributed by atoms with E-state index in [9.17, 15) is 27.6 Å². The largest absolute Gasteiger partial charge is 0.497 e. The third-order valence-corrected chi connectivity index (χ3v) is 13.2. The second-order valence-corrected chi connectivity index (χ2v) is 17.9. The van der Waals surface area contributed by atoms with Gasteiger partial charge in [0.1, 0.15) is 35.1 Å². The maximum atomic E-state index is 14.9. The van der Waals surface area contributed by atoms with Gasteiger partial charge in [-0.3, -0.25) is 19.1 Å². The van der Waals surface area contributed by atoms with Gasteiger partial charge in [-0.2, -0.15) is 0 Å². The van der Waals surface area contributed by atoms with Crippen molar-refractivity contribution < 1.29 is 50.0 Å². The SMILES string of the molecule is [2H]C([2H])([2H])C(C)(OC(=O)N[C@@H]1C(=O)N2C[C@H](Oc3nccc4cc(OC)ccc34)C[C@H]2C(=O)N[C@]2(C(=O)NS(=O)(=O)C3(C)CC3)C[C@H]2/C=C\CC[C@H](C)C[C@H]1C)C([2H])([2H])[2H]. The first-order chi connectivity index (χ1) is 27.8. The molecule has 1 aromatic carbocycles. The normalized spacial score (nSPS) is 32.5. The Hall–Kier alpha value is -4.40. The monoisotopic (exact) mass is 773 g/mol. The van der Waals surface area contributed by atoms with E-state index in [1.165, 1.54) is 25.1 Å². The molecule has 7 atom stereocenters. The van der Waals surface area contributed by atoms with Crippen molar-refractivity contribution in [3.63, 3.8) is 0 Å². The molecule has 3 heterocycles. The predicted molar refractivity (Wildman–Crippen MR) is 201 cm³/mol. The molecule has 2 aliphatic heterocycles. The number of carbonyl (C=O) groups is 4. The zero-order chi connectivity index (χ0) is 44.2. The number of nitrogens with one attached hydrogen (secondary N) is 3. The third kappa shape index (κ3) is 8.30. The van der Waals surface area contributed by atoms with Crippen LogP contribution in [0.3, 0.4) is 0 Å². The molecule has 1 saturated heterocycles. The van der Waals surface area contributed by atoms with Gasteiger partial charge < -0.3 is 29.7 Å². The molecule has 0 unspecified atom stereocenters. The molecule has 0 spiro atoms. The van der Waals surface area contributed by atoms with Crippen molar-refractivity contribution >= 4 is 44.6 Å². The molecule has 4 amide bonds. The number of aromatic nitrogens is 1. The summed E-state index contributed by atoms with van der Waals surface area (Å²) in [6.45, 7) is -0.814. The van der Waals surface area contributed by atoms with E-state index in [0.717, 1.165) is 12.3 Å². The maximum absolute atomic E-state index is 14.9. The minimum Gasteiger partial charge on any atom is -0.497 e. The molecule has 0 radical (unpaired) electrons. The van der Waals surface area contributed by atoms with Crippen molar-refractivity contribution in [2.75, 3.05) is 13.7 Å². The summed E-state index contributed by atoms with van der Waals surface area (Å²) in [5, 5.41) is 6.61. The lowest BCUT2D eigenvalue weighted by molar-refractivity contribution is -0.142. The minimum absolute atomic E-state index is 0.0455. The molecule has 2 aromatic rings. The van der Waals surface area contributed by atoms with Gasteiger partial charge in [-0.15, -0.1) is 0 Å². The minimum atomic E-state index is -4.08. The summed E-state index contributed by atoms with van der Waals surface area (Å²) in [5.41, 5.74) is -4.59. The highest BCUT2D eigenvalue weighted by atomic mass is 32.2. The van der Waals surface area contributed by atoms with Gasteiger partial charge in [0.05, 0.1) is 18.4 Å². The molecule has 294 valence electrons. The van der Waals surface area contributed by atoms with Gasteiger partial charge in [-0.25, -0.2) is 18.2 Å². The molecule has 6 rings (SSSR count). The Balaban J connectivity index is 1.36. The molecule has 15 heteroatoms. The number of rotatable bonds is 7. The molecule has 0 bridgehead atoms. The van der Waals surface area contributed by atoms with Crippen LogP contribution in [0.25, 0.3) is 10.8 Å². The molecule has 2 saturated carbocycles. The van der Waals surface area contributed by atoms with E-state index in [0.29, 0.717) is 43.2 Å². The van der Waals surface area contributed by atoms with Crippen LogP contribution in [0.4, 0.5) is 4.79 Å². The number of alkyl carbamates (subject to hydrolysis) is 1. The Morgan fingerprint density at radius 1 is 1.15 bits per heavy atom. The highest BCUT2D eigenvalue weighted by molar-refractivity contribution is 7.91. The van der Waals surface area contributed by atoms with Crippen molar-refractivity contribution in [1.29, 1.82) is 0 Å². The van der Waals surface area contributed by atoms with Crippen LogP contribution in [0.15, 0.2) is 42.6 Å². The number of pyridine rings is 1. The van der Waals surface area contributed by atoms with E-state index in [1.54, 1.807) is 37.3 Å². The number of hydrogen-bond donors (Lipinski definition) is 3. The lowest BCUT2D eigenvalue weighted by Crippen LogP contribution is -2.59. The van der Waals surface area contributed by atoms with Crippen LogP contribution in [0.2, 0.25) is 0 Å². The van der Waals surface area contributed by atoms with Gasteiger partial charge >= 0.3 is 6.09 Å². The number of amides is 4. The number of carbonyl (C=O) groups excluding carboxylic acids is 4. The molecule has 14 nitrogen and oxygen atoms in total. The van der Waals surface area contributed by atoms with Gasteiger partial charge in [-0.05, 0) is 108 Å². The fourth-order valence-electron chi connectivity index (χ4n) is 7.45. The van der Waals surface area contributed by atoms with Crippen molar-refractivity contribution in [2.45, 2.75) is 120 Å². The first-order valence-electron chi connectivity index (χ1n) is 21.3. The fraction of sp³-hybridized carbons (Fsp3) is 0.615. The van der Waals surface area contributed by atoms with Crippen LogP contribution >= 0.6 is 0 Å². The standard InChI is InChI=1S/C39H53N5O9S/c1-23-10-8-9-11-26-21-39(26,35(47)43-54(49,50)38(6)15-16-38)42-32(45)30-20-28(52-33-29-13-12-27(51-7)19-25(29)14-17-40-33)22-44(30)34(46)31(24(2)18-23)41-36(48)53-37(3,4)5/h9,11-14,17,19,23-24,26,28,30-31H,8,10,15-16,18,20-22H2,1-7H3,(H,41,48)(H,42,45)(H,43,47)/b11-9-/t23-,24+,26+,28+,30-,31-,39+/m0/s1/i3D3,4D3. The first-order valence-corrected chi connectivity index (χ1v) is 19.8. The smallest absolute Gasteiger partial charge is 0.408 e. The summed E-state index contributed by atoms with van der Waals surface area (Å²) in [7, 11) is -2.55. The van der Waals surface area contributed by atoms with E-state index in [2.05, 4.69) is 20.3 Å². The number of nitrogens with zero attached hydrogens (tertiary/aromatic N) is 2. The number of methoxy groups -OCH3 is 1. The number of allylic oxidation sites excluding steroid dienone is 1. The van der Waals surface area contributed by atoms with Crippen molar-refractivity contribution in [3.05, 3.63) is 42.6 Å². The van der Waals surface area contributed by atoms with Gasteiger partial charge in [0.25, 0.3) is 5.91 Å². The summed E-state index contributed by atoms with van der Waals surface area (Å²) in [5.74, 6) is -2.90. The van der Waals surface area contributed by atoms with Gasteiger partial charge in [-0.1, -0.05) is 26.0 Å². The number of benzene rings is 1. The highest BCUT2D eigenvalue weighted by Crippen LogP contribution is 2.47.